The third-order valence-corrected chi connectivity index (χ3v) is 3.16. The van der Waals surface area contributed by atoms with Crippen molar-refractivity contribution in [2.45, 2.75) is 13.0 Å². The Morgan fingerprint density at radius 2 is 1.73 bits per heavy atom. The van der Waals surface area contributed by atoms with Crippen LogP contribution in [0.2, 0.25) is 0 Å². The van der Waals surface area contributed by atoms with Gasteiger partial charge in [-0.2, -0.15) is 0 Å². The molecule has 5 nitrogen and oxygen atoms in total. The van der Waals surface area contributed by atoms with Crippen LogP contribution >= 0.6 is 0 Å². The summed E-state index contributed by atoms with van der Waals surface area (Å²) in [6.07, 6.45) is 0. The zero-order chi connectivity index (χ0) is 15.9. The van der Waals surface area contributed by atoms with E-state index in [2.05, 4.69) is 5.32 Å². The second kappa shape index (κ2) is 7.26. The van der Waals surface area contributed by atoms with Gasteiger partial charge in [-0.25, -0.2) is 4.79 Å². The lowest BCUT2D eigenvalue weighted by atomic mass is 10.1. The number of benzene rings is 2. The van der Waals surface area contributed by atoms with E-state index in [1.807, 2.05) is 37.3 Å². The molecule has 0 aliphatic rings. The molecule has 114 valence electrons. The number of amides is 1. The minimum atomic E-state index is -0.553. The number of nitrogens with two attached hydrogens (primary N) is 1. The minimum Gasteiger partial charge on any atom is -0.452 e. The van der Waals surface area contributed by atoms with Crippen LogP contribution in [0.15, 0.2) is 54.6 Å². The lowest BCUT2D eigenvalue weighted by Crippen LogP contribution is -2.31. The summed E-state index contributed by atoms with van der Waals surface area (Å²) in [5.41, 5.74) is 7.45. The van der Waals surface area contributed by atoms with E-state index in [0.717, 1.165) is 5.56 Å². The van der Waals surface area contributed by atoms with Crippen molar-refractivity contribution in [2.75, 3.05) is 12.3 Å². The molecule has 0 radical (unpaired) electrons. The molecule has 0 aliphatic heterocycles. The predicted octanol–water partition coefficient (Wildman–Crippen LogP) is 2.30. The SMILES string of the molecule is C[C@@H](NC(=O)COC(=O)c1ccc(N)cc1)c1ccccc1. The number of nitrogen functional groups attached to an aromatic ring is 1. The van der Waals surface area contributed by atoms with E-state index in [1.54, 1.807) is 24.3 Å². The lowest BCUT2D eigenvalue weighted by Gasteiger charge is -2.14. The topological polar surface area (TPSA) is 81.4 Å². The smallest absolute Gasteiger partial charge is 0.338 e. The number of hydrogen-bond acceptors (Lipinski definition) is 4. The molecule has 1 amide bonds. The minimum absolute atomic E-state index is 0.149. The van der Waals surface area contributed by atoms with E-state index in [1.165, 1.54) is 0 Å². The van der Waals surface area contributed by atoms with E-state index in [9.17, 15) is 9.59 Å². The van der Waals surface area contributed by atoms with Crippen molar-refractivity contribution < 1.29 is 14.3 Å². The first kappa shape index (κ1) is 15.6. The van der Waals surface area contributed by atoms with E-state index < -0.39 is 5.97 Å². The monoisotopic (exact) mass is 298 g/mol. The molecular weight excluding hydrogens is 280 g/mol. The Morgan fingerprint density at radius 1 is 1.09 bits per heavy atom. The van der Waals surface area contributed by atoms with Gasteiger partial charge >= 0.3 is 5.97 Å². The summed E-state index contributed by atoms with van der Waals surface area (Å²) in [6.45, 7) is 1.55. The zero-order valence-electron chi connectivity index (χ0n) is 12.3. The number of anilines is 1. The Labute approximate surface area is 129 Å². The molecule has 0 unspecified atom stereocenters. The zero-order valence-corrected chi connectivity index (χ0v) is 12.3. The van der Waals surface area contributed by atoms with E-state index in [0.29, 0.717) is 11.3 Å². The molecule has 2 aromatic carbocycles. The Kier molecular flexibility index (Phi) is 5.14. The van der Waals surface area contributed by atoms with Gasteiger partial charge in [-0.1, -0.05) is 30.3 Å². The van der Waals surface area contributed by atoms with Crippen LogP contribution in [0.1, 0.15) is 28.9 Å². The van der Waals surface area contributed by atoms with Crippen LogP contribution in [0.4, 0.5) is 5.69 Å². The highest BCUT2D eigenvalue weighted by Gasteiger charge is 2.12. The van der Waals surface area contributed by atoms with Crippen molar-refractivity contribution in [3.05, 3.63) is 65.7 Å². The summed E-state index contributed by atoms with van der Waals surface area (Å²) in [5, 5.41) is 2.78. The molecule has 2 aromatic rings. The van der Waals surface area contributed by atoms with Crippen LogP contribution < -0.4 is 11.1 Å². The van der Waals surface area contributed by atoms with Crippen LogP contribution in [0.25, 0.3) is 0 Å². The Hall–Kier alpha value is -2.82. The number of carbonyl (C=O) groups excluding carboxylic acids is 2. The van der Waals surface area contributed by atoms with Gasteiger partial charge in [-0.15, -0.1) is 0 Å². The highest BCUT2D eigenvalue weighted by Crippen LogP contribution is 2.11. The quantitative estimate of drug-likeness (QED) is 0.655. The lowest BCUT2D eigenvalue weighted by molar-refractivity contribution is -0.124. The molecule has 0 heterocycles. The van der Waals surface area contributed by atoms with E-state index in [-0.39, 0.29) is 18.6 Å². The number of hydrogen-bond donors (Lipinski definition) is 2. The first-order valence-corrected chi connectivity index (χ1v) is 6.93. The average Bonchev–Trinajstić information content (AvgIpc) is 2.54. The summed E-state index contributed by atoms with van der Waals surface area (Å²) in [5.74, 6) is -0.900. The number of ether oxygens (including phenoxy) is 1. The first-order chi connectivity index (χ1) is 10.6. The molecule has 0 spiro atoms. The molecule has 22 heavy (non-hydrogen) atoms. The number of rotatable bonds is 5. The Balaban J connectivity index is 1.82. The molecule has 0 saturated heterocycles. The molecule has 2 rings (SSSR count). The predicted molar refractivity (Wildman–Crippen MR) is 84.1 cm³/mol. The van der Waals surface area contributed by atoms with Gasteiger partial charge in [0.15, 0.2) is 6.61 Å². The summed E-state index contributed by atoms with van der Waals surface area (Å²) in [4.78, 5) is 23.6. The number of esters is 1. The highest BCUT2D eigenvalue weighted by molar-refractivity contribution is 5.91. The van der Waals surface area contributed by atoms with E-state index >= 15 is 0 Å². The molecule has 0 aliphatic carbocycles. The van der Waals surface area contributed by atoms with Crippen molar-refractivity contribution in [1.82, 2.24) is 5.32 Å². The molecular formula is C17H18N2O3. The molecule has 3 N–H and O–H groups in total. The van der Waals surface area contributed by atoms with Gasteiger partial charge < -0.3 is 15.8 Å². The largest absolute Gasteiger partial charge is 0.452 e. The van der Waals surface area contributed by atoms with Crippen LogP contribution in [0.5, 0.6) is 0 Å². The van der Waals surface area contributed by atoms with Crippen LogP contribution in [-0.4, -0.2) is 18.5 Å². The fraction of sp³-hybridized carbons (Fsp3) is 0.176. The maximum absolute atomic E-state index is 11.8. The maximum Gasteiger partial charge on any atom is 0.338 e. The van der Waals surface area contributed by atoms with Crippen LogP contribution in [-0.2, 0) is 9.53 Å². The third kappa shape index (κ3) is 4.34. The number of carbonyl (C=O) groups is 2. The van der Waals surface area contributed by atoms with Crippen LogP contribution in [0.3, 0.4) is 0 Å². The standard InChI is InChI=1S/C17H18N2O3/c1-12(13-5-3-2-4-6-13)19-16(20)11-22-17(21)14-7-9-15(18)10-8-14/h2-10,12H,11,18H2,1H3,(H,19,20)/t12-/m1/s1. The van der Waals surface area contributed by atoms with Crippen molar-refractivity contribution in [1.29, 1.82) is 0 Å². The van der Waals surface area contributed by atoms with Crippen molar-refractivity contribution >= 4 is 17.6 Å². The second-order valence-corrected chi connectivity index (χ2v) is 4.90. The molecule has 0 fully saturated rings. The van der Waals surface area contributed by atoms with Crippen molar-refractivity contribution in [3.8, 4) is 0 Å². The summed E-state index contributed by atoms with van der Waals surface area (Å²) in [7, 11) is 0. The fourth-order valence-electron chi connectivity index (χ4n) is 1.94. The van der Waals surface area contributed by atoms with Gasteiger partial charge in [0, 0.05) is 5.69 Å². The maximum atomic E-state index is 11.8. The highest BCUT2D eigenvalue weighted by atomic mass is 16.5. The van der Waals surface area contributed by atoms with E-state index in [4.69, 9.17) is 10.5 Å². The van der Waals surface area contributed by atoms with Gasteiger partial charge in [-0.3, -0.25) is 4.79 Å². The second-order valence-electron chi connectivity index (χ2n) is 4.90. The van der Waals surface area contributed by atoms with Gasteiger partial charge in [-0.05, 0) is 36.8 Å². The van der Waals surface area contributed by atoms with Gasteiger partial charge in [0.2, 0.25) is 0 Å². The fourth-order valence-corrected chi connectivity index (χ4v) is 1.94. The van der Waals surface area contributed by atoms with Gasteiger partial charge in [0.25, 0.3) is 5.91 Å². The third-order valence-electron chi connectivity index (χ3n) is 3.16. The summed E-state index contributed by atoms with van der Waals surface area (Å²) in [6, 6.07) is 15.7. The molecule has 0 saturated carbocycles. The van der Waals surface area contributed by atoms with Crippen molar-refractivity contribution in [3.63, 3.8) is 0 Å². The Bertz CT molecular complexity index is 639. The molecule has 0 bridgehead atoms. The molecule has 0 aromatic heterocycles. The first-order valence-electron chi connectivity index (χ1n) is 6.93. The molecule has 5 heteroatoms. The average molecular weight is 298 g/mol. The van der Waals surface area contributed by atoms with Gasteiger partial charge in [0.05, 0.1) is 11.6 Å². The molecule has 1 atom stereocenters. The number of nitrogens with one attached hydrogen (secondary N) is 1. The van der Waals surface area contributed by atoms with Gasteiger partial charge in [0.1, 0.15) is 0 Å². The Morgan fingerprint density at radius 3 is 2.36 bits per heavy atom. The van der Waals surface area contributed by atoms with Crippen LogP contribution in [0, 0.1) is 0 Å². The summed E-state index contributed by atoms with van der Waals surface area (Å²) >= 11 is 0. The normalized spacial score (nSPS) is 11.5. The van der Waals surface area contributed by atoms with Crippen molar-refractivity contribution in [2.24, 2.45) is 0 Å². The summed E-state index contributed by atoms with van der Waals surface area (Å²) < 4.78 is 4.97.